The summed E-state index contributed by atoms with van der Waals surface area (Å²) in [5.74, 6) is 1.26. The summed E-state index contributed by atoms with van der Waals surface area (Å²) < 4.78 is 12.5. The highest BCUT2D eigenvalue weighted by molar-refractivity contribution is 7.80. The fourth-order valence-corrected chi connectivity index (χ4v) is 4.61. The maximum Gasteiger partial charge on any atom is 0.271 e. The minimum atomic E-state index is -0.455. The largest absolute Gasteiger partial charge is 0.497 e. The van der Waals surface area contributed by atoms with Gasteiger partial charge in [0.15, 0.2) is 0 Å². The predicted molar refractivity (Wildman–Crippen MR) is 133 cm³/mol. The van der Waals surface area contributed by atoms with Crippen molar-refractivity contribution in [2.24, 2.45) is 0 Å². The smallest absolute Gasteiger partial charge is 0.271 e. The van der Waals surface area contributed by atoms with Crippen LogP contribution in [0.1, 0.15) is 11.4 Å². The van der Waals surface area contributed by atoms with Crippen LogP contribution in [0.4, 0.5) is 11.4 Å². The molecular formula is C22H23ClN6O4S. The zero-order valence-corrected chi connectivity index (χ0v) is 20.5. The van der Waals surface area contributed by atoms with Crippen LogP contribution in [0.15, 0.2) is 36.4 Å². The molecule has 3 aromatic rings. The number of thiocarbonyl (C=S) groups is 1. The Morgan fingerprint density at radius 1 is 1.09 bits per heavy atom. The predicted octanol–water partition coefficient (Wildman–Crippen LogP) is 3.65. The van der Waals surface area contributed by atoms with Gasteiger partial charge in [-0.05, 0) is 25.1 Å². The molecule has 1 aliphatic rings. The van der Waals surface area contributed by atoms with E-state index >= 15 is 0 Å². The quantitative estimate of drug-likeness (QED) is 0.284. The van der Waals surface area contributed by atoms with E-state index in [1.54, 1.807) is 31.0 Å². The molecule has 4 rings (SSSR count). The second-order valence-electron chi connectivity index (χ2n) is 7.65. The van der Waals surface area contributed by atoms with Gasteiger partial charge in [0.25, 0.3) is 5.69 Å². The van der Waals surface area contributed by atoms with Gasteiger partial charge in [-0.2, -0.15) is 0 Å². The highest BCUT2D eigenvalue weighted by Crippen LogP contribution is 2.32. The Morgan fingerprint density at radius 2 is 1.79 bits per heavy atom. The van der Waals surface area contributed by atoms with Crippen molar-refractivity contribution in [1.29, 1.82) is 0 Å². The lowest BCUT2D eigenvalue weighted by Crippen LogP contribution is -2.49. The first-order chi connectivity index (χ1) is 16.3. The normalized spacial score (nSPS) is 13.6. The van der Waals surface area contributed by atoms with Crippen molar-refractivity contribution < 1.29 is 14.4 Å². The van der Waals surface area contributed by atoms with E-state index in [0.29, 0.717) is 59.1 Å². The molecule has 2 heterocycles. The van der Waals surface area contributed by atoms with Gasteiger partial charge in [0, 0.05) is 44.4 Å². The number of piperazine rings is 1. The number of aromatic nitrogens is 3. The average molecular weight is 503 g/mol. The van der Waals surface area contributed by atoms with E-state index in [9.17, 15) is 10.1 Å². The molecule has 34 heavy (non-hydrogen) atoms. The van der Waals surface area contributed by atoms with Crippen LogP contribution in [0, 0.1) is 17.0 Å². The highest BCUT2D eigenvalue weighted by Gasteiger charge is 2.26. The van der Waals surface area contributed by atoms with E-state index in [2.05, 4.69) is 20.1 Å². The van der Waals surface area contributed by atoms with Gasteiger partial charge in [0.05, 0.1) is 35.5 Å². The van der Waals surface area contributed by atoms with Crippen LogP contribution in [0.3, 0.4) is 0 Å². The molecule has 0 amide bonds. The number of rotatable bonds is 6. The number of anilines is 1. The molecule has 0 radical (unpaired) electrons. The highest BCUT2D eigenvalue weighted by atomic mass is 35.5. The molecule has 2 aromatic carbocycles. The molecule has 0 spiro atoms. The lowest BCUT2D eigenvalue weighted by Gasteiger charge is -2.37. The summed E-state index contributed by atoms with van der Waals surface area (Å²) in [6.07, 6.45) is 0. The van der Waals surface area contributed by atoms with Crippen LogP contribution in [-0.2, 0) is 0 Å². The first-order valence-electron chi connectivity index (χ1n) is 10.5. The van der Waals surface area contributed by atoms with Crippen molar-refractivity contribution in [1.82, 2.24) is 19.9 Å². The van der Waals surface area contributed by atoms with E-state index < -0.39 is 4.92 Å². The van der Waals surface area contributed by atoms with Gasteiger partial charge < -0.3 is 19.3 Å². The van der Waals surface area contributed by atoms with Crippen LogP contribution in [0.5, 0.6) is 11.5 Å². The molecule has 0 unspecified atom stereocenters. The second kappa shape index (κ2) is 9.82. The third-order valence-corrected chi connectivity index (χ3v) is 6.46. The summed E-state index contributed by atoms with van der Waals surface area (Å²) >= 11 is 12.2. The Labute approximate surface area is 206 Å². The van der Waals surface area contributed by atoms with Crippen LogP contribution < -0.4 is 14.4 Å². The van der Waals surface area contributed by atoms with Gasteiger partial charge in [-0.1, -0.05) is 29.0 Å². The first kappa shape index (κ1) is 23.7. The van der Waals surface area contributed by atoms with Crippen molar-refractivity contribution in [2.45, 2.75) is 6.92 Å². The number of ether oxygens (including phenoxy) is 2. The van der Waals surface area contributed by atoms with Gasteiger partial charge in [0.2, 0.25) is 0 Å². The molecule has 12 heteroatoms. The number of methoxy groups -OCH3 is 2. The third kappa shape index (κ3) is 4.48. The molecule has 10 nitrogen and oxygen atoms in total. The van der Waals surface area contributed by atoms with E-state index in [1.165, 1.54) is 12.1 Å². The molecular weight excluding hydrogens is 480 g/mol. The number of nitro groups is 1. The number of aryl methyl sites for hydroxylation is 1. The topological polar surface area (TPSA) is 98.8 Å². The minimum Gasteiger partial charge on any atom is -0.497 e. The molecule has 1 aliphatic heterocycles. The Hall–Kier alpha value is -3.44. The molecule has 178 valence electrons. The number of non-ortho nitro benzene ring substituents is 1. The van der Waals surface area contributed by atoms with E-state index in [-0.39, 0.29) is 5.69 Å². The van der Waals surface area contributed by atoms with Gasteiger partial charge in [-0.25, -0.2) is 4.68 Å². The minimum absolute atomic E-state index is 0.0289. The summed E-state index contributed by atoms with van der Waals surface area (Å²) in [5, 5.41) is 19.9. The maximum atomic E-state index is 11.0. The Balaban J connectivity index is 1.54. The Bertz CT molecular complexity index is 1240. The summed E-state index contributed by atoms with van der Waals surface area (Å²) in [6, 6.07) is 10.00. The van der Waals surface area contributed by atoms with E-state index in [1.807, 2.05) is 19.1 Å². The van der Waals surface area contributed by atoms with Crippen molar-refractivity contribution >= 4 is 40.2 Å². The molecule has 1 aromatic heterocycles. The zero-order valence-electron chi connectivity index (χ0n) is 18.9. The summed E-state index contributed by atoms with van der Waals surface area (Å²) in [4.78, 5) is 15.4. The van der Waals surface area contributed by atoms with Crippen molar-refractivity contribution in [3.05, 3.63) is 62.9 Å². The number of hydrogen-bond acceptors (Lipinski definition) is 8. The number of nitro benzene ring substituents is 1. The molecule has 1 fully saturated rings. The molecule has 0 bridgehead atoms. The van der Waals surface area contributed by atoms with Crippen molar-refractivity contribution in [3.63, 3.8) is 0 Å². The lowest BCUT2D eigenvalue weighted by atomic mass is 10.2. The second-order valence-corrected chi connectivity index (χ2v) is 8.44. The number of halogens is 1. The monoisotopic (exact) mass is 502 g/mol. The third-order valence-electron chi connectivity index (χ3n) is 5.71. The van der Waals surface area contributed by atoms with Crippen LogP contribution in [0.25, 0.3) is 5.69 Å². The Kier molecular flexibility index (Phi) is 6.85. The molecule has 1 saturated heterocycles. The lowest BCUT2D eigenvalue weighted by molar-refractivity contribution is -0.384. The summed E-state index contributed by atoms with van der Waals surface area (Å²) in [5.41, 5.74) is 2.88. The van der Waals surface area contributed by atoms with Gasteiger partial charge >= 0.3 is 0 Å². The summed E-state index contributed by atoms with van der Waals surface area (Å²) in [7, 11) is 3.18. The SMILES string of the molecule is COc1ccc(-n2nnc(C)c2C(=S)N2CCN(c3ccc([N+](=O)[O-])cc3Cl)CC2)c(OC)c1. The average Bonchev–Trinajstić information content (AvgIpc) is 3.24. The molecule has 0 atom stereocenters. The van der Waals surface area contributed by atoms with Crippen LogP contribution >= 0.6 is 23.8 Å². The van der Waals surface area contributed by atoms with Gasteiger partial charge in [-0.15, -0.1) is 5.10 Å². The first-order valence-corrected chi connectivity index (χ1v) is 11.3. The van der Waals surface area contributed by atoms with Gasteiger partial charge in [-0.3, -0.25) is 10.1 Å². The fourth-order valence-electron chi connectivity index (χ4n) is 3.90. The number of nitrogens with zero attached hydrogens (tertiary/aromatic N) is 6. The molecule has 0 N–H and O–H groups in total. The molecule has 0 saturated carbocycles. The molecule has 0 aliphatic carbocycles. The fraction of sp³-hybridized carbons (Fsp3) is 0.318. The zero-order chi connectivity index (χ0) is 24.4. The maximum absolute atomic E-state index is 11.0. The van der Waals surface area contributed by atoms with Crippen molar-refractivity contribution in [2.75, 3.05) is 45.3 Å². The number of hydrogen-bond donors (Lipinski definition) is 0. The van der Waals surface area contributed by atoms with E-state index in [4.69, 9.17) is 33.3 Å². The van der Waals surface area contributed by atoms with Crippen LogP contribution in [0.2, 0.25) is 5.02 Å². The number of benzene rings is 2. The van der Waals surface area contributed by atoms with Crippen LogP contribution in [-0.4, -0.2) is 70.2 Å². The standard InChI is InChI=1S/C22H23ClN6O4S/c1-14-21(28(25-24-14)19-7-5-16(32-2)13-20(19)33-3)22(34)27-10-8-26(9-11-27)18-6-4-15(29(30)31)12-17(18)23/h4-7,12-13H,8-11H2,1-3H3. The Morgan fingerprint density at radius 3 is 2.41 bits per heavy atom. The van der Waals surface area contributed by atoms with E-state index in [0.717, 1.165) is 11.4 Å². The van der Waals surface area contributed by atoms with Gasteiger partial charge in [0.1, 0.15) is 27.9 Å². The summed E-state index contributed by atoms with van der Waals surface area (Å²) in [6.45, 7) is 4.48. The van der Waals surface area contributed by atoms with Crippen molar-refractivity contribution in [3.8, 4) is 17.2 Å².